The fourth-order valence-electron chi connectivity index (χ4n) is 9.18. The molecular weight excluding hydrogens is 607 g/mol. The summed E-state index contributed by atoms with van der Waals surface area (Å²) in [7, 11) is 0. The molecule has 2 heterocycles. The van der Waals surface area contributed by atoms with Crippen LogP contribution < -0.4 is 10.6 Å². The van der Waals surface area contributed by atoms with Crippen LogP contribution in [0.2, 0.25) is 10.0 Å². The Morgan fingerprint density at radius 2 is 1.09 bits per heavy atom. The van der Waals surface area contributed by atoms with Crippen LogP contribution in [0.4, 0.5) is 11.4 Å². The van der Waals surface area contributed by atoms with Crippen molar-refractivity contribution in [2.75, 3.05) is 23.7 Å². The van der Waals surface area contributed by atoms with E-state index >= 15 is 0 Å². The number of aromatic nitrogens is 2. The van der Waals surface area contributed by atoms with Gasteiger partial charge >= 0.3 is 0 Å². The molecule has 0 unspecified atom stereocenters. The van der Waals surface area contributed by atoms with Crippen molar-refractivity contribution >= 4 is 56.4 Å². The summed E-state index contributed by atoms with van der Waals surface area (Å²) in [4.78, 5) is 10.3. The van der Waals surface area contributed by atoms with Gasteiger partial charge in [0.15, 0.2) is 0 Å². The van der Waals surface area contributed by atoms with Gasteiger partial charge in [-0.1, -0.05) is 59.3 Å². The second-order valence-electron chi connectivity index (χ2n) is 14.5. The summed E-state index contributed by atoms with van der Waals surface area (Å²) in [5, 5.41) is 11.8. The lowest BCUT2D eigenvalue weighted by Crippen LogP contribution is -2.24. The summed E-state index contributed by atoms with van der Waals surface area (Å²) in [5.41, 5.74) is 13.2. The molecule has 0 amide bonds. The molecule has 0 aliphatic heterocycles. The minimum absolute atomic E-state index is 0.561. The number of unbranched alkanes of at least 4 members (excludes halogenated alkanes) is 3. The van der Waals surface area contributed by atoms with Crippen LogP contribution in [0.1, 0.15) is 99.6 Å². The van der Waals surface area contributed by atoms with Gasteiger partial charge in [0.05, 0.1) is 11.0 Å². The molecule has 8 rings (SSSR count). The maximum absolute atomic E-state index is 6.41. The van der Waals surface area contributed by atoms with Crippen molar-refractivity contribution in [1.29, 1.82) is 0 Å². The molecule has 4 aliphatic carbocycles. The zero-order valence-corrected chi connectivity index (χ0v) is 28.6. The topological polar surface area (TPSA) is 49.8 Å². The third-order valence-corrected chi connectivity index (χ3v) is 11.4. The van der Waals surface area contributed by atoms with Crippen molar-refractivity contribution in [3.05, 3.63) is 92.3 Å². The molecule has 4 bridgehead atoms. The summed E-state index contributed by atoms with van der Waals surface area (Å²) in [5.74, 6) is 2.35. The highest BCUT2D eigenvalue weighted by atomic mass is 35.5. The van der Waals surface area contributed by atoms with Gasteiger partial charge in [0.1, 0.15) is 0 Å². The van der Waals surface area contributed by atoms with Gasteiger partial charge in [-0.2, -0.15) is 0 Å². The number of rotatable bonds is 9. The SMILES string of the molecule is CC1=C[C@H]2Cc3nc4cc(Cl)ccc4c(NCCCCCCNc4c5c(nc6cc(Cl)ccc46)C[C@@H]4C=C(C)C[C@H]5C4)c3[C@@H](C1)C2. The molecule has 2 N–H and O–H groups in total. The molecule has 4 aromatic rings. The molecule has 0 saturated carbocycles. The van der Waals surface area contributed by atoms with Gasteiger partial charge in [0.25, 0.3) is 0 Å². The van der Waals surface area contributed by atoms with Crippen molar-refractivity contribution in [2.45, 2.75) is 89.9 Å². The number of halogens is 2. The van der Waals surface area contributed by atoms with Gasteiger partial charge in [-0.25, -0.2) is 0 Å². The van der Waals surface area contributed by atoms with E-state index in [4.69, 9.17) is 33.2 Å². The van der Waals surface area contributed by atoms with E-state index in [1.807, 2.05) is 24.3 Å². The maximum atomic E-state index is 6.41. The van der Waals surface area contributed by atoms with Gasteiger partial charge in [-0.3, -0.25) is 9.97 Å². The molecular formula is C40H44Cl2N4. The molecule has 4 aliphatic rings. The number of nitrogens with zero attached hydrogens (tertiary/aromatic N) is 2. The van der Waals surface area contributed by atoms with Crippen LogP contribution in [0.5, 0.6) is 0 Å². The van der Waals surface area contributed by atoms with Crippen molar-refractivity contribution in [2.24, 2.45) is 11.8 Å². The number of benzene rings is 2. The van der Waals surface area contributed by atoms with Crippen LogP contribution in [0.25, 0.3) is 21.8 Å². The third-order valence-electron chi connectivity index (χ3n) is 10.9. The van der Waals surface area contributed by atoms with E-state index in [1.165, 1.54) is 81.5 Å². The number of hydrogen-bond acceptors (Lipinski definition) is 4. The number of allylic oxidation sites excluding steroid dienone is 4. The summed E-state index contributed by atoms with van der Waals surface area (Å²) in [6, 6.07) is 12.4. The van der Waals surface area contributed by atoms with E-state index in [0.29, 0.717) is 23.7 Å². The first-order valence-corrected chi connectivity index (χ1v) is 18.2. The van der Waals surface area contributed by atoms with Gasteiger partial charge in [-0.15, -0.1) is 0 Å². The van der Waals surface area contributed by atoms with Crippen LogP contribution in [0.15, 0.2) is 59.7 Å². The molecule has 2 aromatic heterocycles. The monoisotopic (exact) mass is 650 g/mol. The Labute approximate surface area is 283 Å². The van der Waals surface area contributed by atoms with Crippen molar-refractivity contribution in [3.63, 3.8) is 0 Å². The maximum Gasteiger partial charge on any atom is 0.0741 e. The Balaban J connectivity index is 0.920. The Bertz CT molecular complexity index is 1760. The van der Waals surface area contributed by atoms with Gasteiger partial charge in [0.2, 0.25) is 0 Å². The number of fused-ring (bicyclic) bond motifs is 10. The van der Waals surface area contributed by atoms with E-state index < -0.39 is 0 Å². The molecule has 0 saturated heterocycles. The van der Waals surface area contributed by atoms with Gasteiger partial charge in [-0.05, 0) is 125 Å². The molecule has 2 aromatic carbocycles. The summed E-state index contributed by atoms with van der Waals surface area (Å²) < 4.78 is 0. The predicted octanol–water partition coefficient (Wildman–Crippen LogP) is 11.2. The van der Waals surface area contributed by atoms with E-state index in [1.54, 1.807) is 0 Å². The van der Waals surface area contributed by atoms with Crippen LogP contribution in [0, 0.1) is 11.8 Å². The van der Waals surface area contributed by atoms with Crippen molar-refractivity contribution in [1.82, 2.24) is 9.97 Å². The number of hydrogen-bond donors (Lipinski definition) is 2. The largest absolute Gasteiger partial charge is 0.384 e. The quantitative estimate of drug-likeness (QED) is 0.140. The number of nitrogens with one attached hydrogen (secondary N) is 2. The predicted molar refractivity (Wildman–Crippen MR) is 195 cm³/mol. The number of anilines is 2. The molecule has 0 fully saturated rings. The zero-order chi connectivity index (χ0) is 31.4. The van der Waals surface area contributed by atoms with Crippen molar-refractivity contribution in [3.8, 4) is 0 Å². The second-order valence-corrected chi connectivity index (χ2v) is 15.4. The highest BCUT2D eigenvalue weighted by Gasteiger charge is 2.34. The van der Waals surface area contributed by atoms with Crippen LogP contribution in [0.3, 0.4) is 0 Å². The molecule has 0 radical (unpaired) electrons. The lowest BCUT2D eigenvalue weighted by Gasteiger charge is -2.36. The zero-order valence-electron chi connectivity index (χ0n) is 27.1. The van der Waals surface area contributed by atoms with Gasteiger partial charge < -0.3 is 10.6 Å². The Morgan fingerprint density at radius 3 is 1.54 bits per heavy atom. The molecule has 4 nitrogen and oxygen atoms in total. The van der Waals surface area contributed by atoms with E-state index in [-0.39, 0.29) is 0 Å². The van der Waals surface area contributed by atoms with Gasteiger partial charge in [0, 0.05) is 67.8 Å². The van der Waals surface area contributed by atoms with E-state index in [9.17, 15) is 0 Å². The summed E-state index contributed by atoms with van der Waals surface area (Å²) in [6.07, 6.45) is 16.5. The molecule has 0 spiro atoms. The van der Waals surface area contributed by atoms with E-state index in [0.717, 1.165) is 72.7 Å². The average molecular weight is 652 g/mol. The first kappa shape index (κ1) is 30.3. The minimum atomic E-state index is 0.561. The molecule has 6 heteroatoms. The average Bonchev–Trinajstić information content (AvgIpc) is 3.00. The summed E-state index contributed by atoms with van der Waals surface area (Å²) >= 11 is 12.8. The second kappa shape index (κ2) is 12.5. The first-order chi connectivity index (χ1) is 22.4. The Kier molecular flexibility index (Phi) is 8.23. The van der Waals surface area contributed by atoms with Crippen molar-refractivity contribution < 1.29 is 0 Å². The lowest BCUT2D eigenvalue weighted by molar-refractivity contribution is 0.433. The highest BCUT2D eigenvalue weighted by Crippen LogP contribution is 2.49. The number of pyridine rings is 2. The standard InChI is InChI=1S/C40H44Cl2N4/c1-23-13-25-17-27(15-23)37-35(19-25)45-33-21-29(41)7-9-31(33)39(37)43-11-5-3-4-6-12-44-40-32-10-8-30(42)22-34(32)46-36-20-26-14-24(2)16-28(18-26)38(36)40/h7-10,13-14,21-22,25-28H,3-6,11-12,15-20H2,1-2H3,(H,43,45)(H,44,46)/t25-,26-,27+,28+/m1/s1. The van der Waals surface area contributed by atoms with E-state index in [2.05, 4.69) is 48.8 Å². The first-order valence-electron chi connectivity index (χ1n) is 17.5. The molecule has 4 atom stereocenters. The minimum Gasteiger partial charge on any atom is -0.384 e. The fourth-order valence-corrected chi connectivity index (χ4v) is 9.51. The highest BCUT2D eigenvalue weighted by molar-refractivity contribution is 6.31. The normalized spacial score (nSPS) is 23.0. The Morgan fingerprint density at radius 1 is 0.630 bits per heavy atom. The third kappa shape index (κ3) is 5.81. The molecule has 46 heavy (non-hydrogen) atoms. The Hall–Kier alpha value is -3.08. The lowest BCUT2D eigenvalue weighted by atomic mass is 9.71. The van der Waals surface area contributed by atoms with Crippen LogP contribution >= 0.6 is 23.2 Å². The van der Waals surface area contributed by atoms with Crippen LogP contribution in [-0.2, 0) is 12.8 Å². The summed E-state index contributed by atoms with van der Waals surface area (Å²) in [6.45, 7) is 6.55. The smallest absolute Gasteiger partial charge is 0.0741 e. The van der Waals surface area contributed by atoms with Crippen LogP contribution in [-0.4, -0.2) is 23.1 Å². The fraction of sp³-hybridized carbons (Fsp3) is 0.450. The molecule has 238 valence electrons.